The highest BCUT2D eigenvalue weighted by molar-refractivity contribution is 4.90. The summed E-state index contributed by atoms with van der Waals surface area (Å²) in [7, 11) is 6.58. The van der Waals surface area contributed by atoms with Crippen LogP contribution < -0.4 is 0 Å². The molecular formula is C10H20O5. The fourth-order valence-electron chi connectivity index (χ4n) is 1.88. The lowest BCUT2D eigenvalue weighted by atomic mass is 10.1. The van der Waals surface area contributed by atoms with Gasteiger partial charge >= 0.3 is 0 Å². The SMILES string of the molecule is COC[C@@H](OC)[C@H]1OC[C@H](OC)[C@H]1OC. The number of rotatable bonds is 6. The van der Waals surface area contributed by atoms with Crippen molar-refractivity contribution in [3.63, 3.8) is 0 Å². The molecule has 0 spiro atoms. The molecule has 1 heterocycles. The first-order chi connectivity index (χ1) is 7.28. The Labute approximate surface area is 90.6 Å². The first-order valence-electron chi connectivity index (χ1n) is 4.97. The molecule has 1 rings (SSSR count). The molecule has 1 aliphatic heterocycles. The van der Waals surface area contributed by atoms with Crippen molar-refractivity contribution in [1.29, 1.82) is 0 Å². The van der Waals surface area contributed by atoms with Crippen LogP contribution in [0.15, 0.2) is 0 Å². The Morgan fingerprint density at radius 2 is 1.93 bits per heavy atom. The van der Waals surface area contributed by atoms with Gasteiger partial charge in [-0.3, -0.25) is 0 Å². The zero-order valence-electron chi connectivity index (χ0n) is 9.76. The van der Waals surface area contributed by atoms with Crippen molar-refractivity contribution in [3.8, 4) is 0 Å². The quantitative estimate of drug-likeness (QED) is 0.634. The first-order valence-corrected chi connectivity index (χ1v) is 4.97. The maximum absolute atomic E-state index is 5.61. The molecule has 0 N–H and O–H groups in total. The van der Waals surface area contributed by atoms with E-state index in [2.05, 4.69) is 0 Å². The summed E-state index contributed by atoms with van der Waals surface area (Å²) < 4.78 is 26.6. The second-order valence-corrected chi connectivity index (χ2v) is 3.50. The van der Waals surface area contributed by atoms with E-state index in [9.17, 15) is 0 Å². The van der Waals surface area contributed by atoms with Crippen LogP contribution >= 0.6 is 0 Å². The van der Waals surface area contributed by atoms with Crippen LogP contribution in [0.1, 0.15) is 0 Å². The van der Waals surface area contributed by atoms with Gasteiger partial charge in [-0.15, -0.1) is 0 Å². The van der Waals surface area contributed by atoms with Crippen LogP contribution in [0.25, 0.3) is 0 Å². The smallest absolute Gasteiger partial charge is 0.115 e. The summed E-state index contributed by atoms with van der Waals surface area (Å²) in [5.74, 6) is 0. The van der Waals surface area contributed by atoms with E-state index in [-0.39, 0.29) is 24.4 Å². The van der Waals surface area contributed by atoms with Gasteiger partial charge in [0.15, 0.2) is 0 Å². The fraction of sp³-hybridized carbons (Fsp3) is 1.00. The molecule has 0 aromatic heterocycles. The first kappa shape index (κ1) is 12.9. The molecule has 1 saturated heterocycles. The Morgan fingerprint density at radius 3 is 2.40 bits per heavy atom. The van der Waals surface area contributed by atoms with Gasteiger partial charge in [-0.25, -0.2) is 0 Å². The third-order valence-corrected chi connectivity index (χ3v) is 2.72. The summed E-state index contributed by atoms with van der Waals surface area (Å²) >= 11 is 0. The van der Waals surface area contributed by atoms with Crippen LogP contribution in [0.3, 0.4) is 0 Å². The summed E-state index contributed by atoms with van der Waals surface area (Å²) in [5.41, 5.74) is 0. The summed E-state index contributed by atoms with van der Waals surface area (Å²) in [6.07, 6.45) is -0.394. The molecule has 0 amide bonds. The molecule has 0 saturated carbocycles. The maximum Gasteiger partial charge on any atom is 0.115 e. The van der Waals surface area contributed by atoms with E-state index in [1.807, 2.05) is 0 Å². The molecular weight excluding hydrogens is 200 g/mol. The van der Waals surface area contributed by atoms with Crippen molar-refractivity contribution in [2.75, 3.05) is 41.7 Å². The standard InChI is InChI=1S/C10H20O5/c1-11-5-7(12-2)10-9(14-4)8(13-3)6-15-10/h7-10H,5-6H2,1-4H3/t7-,8+,9-,10-/m1/s1. The van der Waals surface area contributed by atoms with E-state index >= 15 is 0 Å². The van der Waals surface area contributed by atoms with Crippen LogP contribution in [-0.4, -0.2) is 66.1 Å². The van der Waals surface area contributed by atoms with Crippen molar-refractivity contribution in [1.82, 2.24) is 0 Å². The molecule has 5 nitrogen and oxygen atoms in total. The monoisotopic (exact) mass is 220 g/mol. The zero-order chi connectivity index (χ0) is 11.3. The van der Waals surface area contributed by atoms with Gasteiger partial charge in [0.05, 0.1) is 13.2 Å². The largest absolute Gasteiger partial charge is 0.382 e. The third kappa shape index (κ3) is 2.89. The highest BCUT2D eigenvalue weighted by Gasteiger charge is 2.42. The normalized spacial score (nSPS) is 33.2. The molecule has 4 atom stereocenters. The van der Waals surface area contributed by atoms with E-state index in [4.69, 9.17) is 23.7 Å². The summed E-state index contributed by atoms with van der Waals surface area (Å²) in [6.45, 7) is 1.01. The van der Waals surface area contributed by atoms with E-state index in [1.165, 1.54) is 0 Å². The molecule has 0 aromatic rings. The Balaban J connectivity index is 2.59. The summed E-state index contributed by atoms with van der Waals surface area (Å²) in [5, 5.41) is 0. The molecule has 15 heavy (non-hydrogen) atoms. The second-order valence-electron chi connectivity index (χ2n) is 3.50. The van der Waals surface area contributed by atoms with Gasteiger partial charge in [-0.2, -0.15) is 0 Å². The molecule has 90 valence electrons. The van der Waals surface area contributed by atoms with Crippen LogP contribution in [0, 0.1) is 0 Å². The van der Waals surface area contributed by atoms with Crippen LogP contribution in [-0.2, 0) is 23.7 Å². The highest BCUT2D eigenvalue weighted by Crippen LogP contribution is 2.23. The molecule has 1 aliphatic rings. The van der Waals surface area contributed by atoms with Gasteiger partial charge in [0.1, 0.15) is 24.4 Å². The molecule has 1 fully saturated rings. The van der Waals surface area contributed by atoms with Crippen LogP contribution in [0.4, 0.5) is 0 Å². The Kier molecular flexibility index (Phi) is 5.49. The van der Waals surface area contributed by atoms with Gasteiger partial charge in [-0.1, -0.05) is 0 Å². The number of hydrogen-bond donors (Lipinski definition) is 0. The van der Waals surface area contributed by atoms with Gasteiger partial charge in [-0.05, 0) is 0 Å². The van der Waals surface area contributed by atoms with Gasteiger partial charge in [0.2, 0.25) is 0 Å². The van der Waals surface area contributed by atoms with Crippen molar-refractivity contribution in [3.05, 3.63) is 0 Å². The van der Waals surface area contributed by atoms with Crippen molar-refractivity contribution >= 4 is 0 Å². The molecule has 0 radical (unpaired) electrons. The van der Waals surface area contributed by atoms with E-state index in [1.54, 1.807) is 28.4 Å². The van der Waals surface area contributed by atoms with Gasteiger partial charge < -0.3 is 23.7 Å². The Hall–Kier alpha value is -0.200. The predicted octanol–water partition coefficient (Wildman–Crippen LogP) is 0.0766. The van der Waals surface area contributed by atoms with E-state index < -0.39 is 0 Å². The fourth-order valence-corrected chi connectivity index (χ4v) is 1.88. The van der Waals surface area contributed by atoms with E-state index in [0.29, 0.717) is 13.2 Å². The lowest BCUT2D eigenvalue weighted by Gasteiger charge is -2.26. The van der Waals surface area contributed by atoms with Gasteiger partial charge in [0.25, 0.3) is 0 Å². The lowest BCUT2D eigenvalue weighted by Crippen LogP contribution is -2.43. The average Bonchev–Trinajstić information content (AvgIpc) is 2.68. The molecule has 0 aliphatic carbocycles. The van der Waals surface area contributed by atoms with Gasteiger partial charge in [0, 0.05) is 28.4 Å². The molecule has 5 heteroatoms. The summed E-state index contributed by atoms with van der Waals surface area (Å²) in [4.78, 5) is 0. The molecule has 0 aromatic carbocycles. The number of ether oxygens (including phenoxy) is 5. The van der Waals surface area contributed by atoms with E-state index in [0.717, 1.165) is 0 Å². The Bertz CT molecular complexity index is 175. The predicted molar refractivity (Wildman–Crippen MR) is 54.0 cm³/mol. The lowest BCUT2D eigenvalue weighted by molar-refractivity contribution is -0.102. The topological polar surface area (TPSA) is 46.2 Å². The van der Waals surface area contributed by atoms with Crippen molar-refractivity contribution in [2.24, 2.45) is 0 Å². The third-order valence-electron chi connectivity index (χ3n) is 2.72. The molecule has 0 bridgehead atoms. The van der Waals surface area contributed by atoms with Crippen molar-refractivity contribution in [2.45, 2.75) is 24.4 Å². The number of methoxy groups -OCH3 is 4. The second kappa shape index (κ2) is 6.40. The van der Waals surface area contributed by atoms with Crippen molar-refractivity contribution < 1.29 is 23.7 Å². The minimum atomic E-state index is -0.134. The average molecular weight is 220 g/mol. The summed E-state index contributed by atoms with van der Waals surface area (Å²) in [6, 6.07) is 0. The number of hydrogen-bond acceptors (Lipinski definition) is 5. The minimum absolute atomic E-state index is 0.0329. The maximum atomic E-state index is 5.61. The van der Waals surface area contributed by atoms with Crippen LogP contribution in [0.2, 0.25) is 0 Å². The zero-order valence-corrected chi connectivity index (χ0v) is 9.76. The minimum Gasteiger partial charge on any atom is -0.382 e. The highest BCUT2D eigenvalue weighted by atomic mass is 16.6. The molecule has 0 unspecified atom stereocenters. The Morgan fingerprint density at radius 1 is 1.20 bits per heavy atom. The van der Waals surface area contributed by atoms with Crippen LogP contribution in [0.5, 0.6) is 0 Å².